The van der Waals surface area contributed by atoms with Gasteiger partial charge in [0.05, 0.1) is 37.0 Å². The Labute approximate surface area is 214 Å². The first-order valence-electron chi connectivity index (χ1n) is 11.5. The molecule has 0 spiro atoms. The first kappa shape index (κ1) is 27.1. The van der Waals surface area contributed by atoms with Crippen LogP contribution >= 0.6 is 0 Å². The second-order valence-corrected chi connectivity index (χ2v) is 10.3. The number of nitrogens with one attached hydrogen (secondary N) is 2. The number of aryl methyl sites for hydroxylation is 3. The van der Waals surface area contributed by atoms with Crippen molar-refractivity contribution in [3.8, 4) is 17.0 Å². The number of aromatic amines is 1. The Kier molecular flexibility index (Phi) is 9.00. The van der Waals surface area contributed by atoms with Crippen LogP contribution in [0.15, 0.2) is 47.5 Å². The molecule has 192 valence electrons. The molecule has 0 aliphatic rings. The number of methoxy groups -OCH3 is 1. The Morgan fingerprint density at radius 2 is 1.72 bits per heavy atom. The fourth-order valence-corrected chi connectivity index (χ4v) is 5.02. The van der Waals surface area contributed by atoms with E-state index < -0.39 is 11.0 Å². The molecule has 0 fully saturated rings. The second-order valence-electron chi connectivity index (χ2n) is 8.73. The predicted molar refractivity (Wildman–Crippen MR) is 140 cm³/mol. The predicted octanol–water partition coefficient (Wildman–Crippen LogP) is 2.74. The standard InChI is InChI=1S/C26H33N5O4S/c1-17-11-22(35-6)12-18(2)26(17)36(34)31(5)16-24(32)28-14-25(33)30(4)15-20-7-9-21(10-8-20)23-13-27-19(3)29-23/h7-13H,14-16H2,1-6H3,(H,27,29)(H,28,32). The molecule has 3 rings (SSSR count). The molecular weight excluding hydrogens is 478 g/mol. The zero-order chi connectivity index (χ0) is 26.4. The molecule has 0 radical (unpaired) electrons. The van der Waals surface area contributed by atoms with Gasteiger partial charge in [0.1, 0.15) is 22.6 Å². The Balaban J connectivity index is 1.49. The number of amides is 2. The van der Waals surface area contributed by atoms with E-state index in [0.717, 1.165) is 33.8 Å². The number of aromatic nitrogens is 2. The van der Waals surface area contributed by atoms with Crippen LogP contribution in [-0.4, -0.2) is 69.5 Å². The number of hydrogen-bond donors (Lipinski definition) is 2. The summed E-state index contributed by atoms with van der Waals surface area (Å²) >= 11 is 0. The van der Waals surface area contributed by atoms with Gasteiger partial charge in [-0.25, -0.2) is 13.5 Å². The molecule has 2 aromatic carbocycles. The molecule has 36 heavy (non-hydrogen) atoms. The number of carbonyl (C=O) groups excluding carboxylic acids is 2. The lowest BCUT2D eigenvalue weighted by molar-refractivity contribution is -0.132. The molecule has 9 nitrogen and oxygen atoms in total. The highest BCUT2D eigenvalue weighted by Crippen LogP contribution is 2.25. The van der Waals surface area contributed by atoms with Crippen molar-refractivity contribution < 1.29 is 18.5 Å². The molecular formula is C26H33N5O4S. The van der Waals surface area contributed by atoms with E-state index in [2.05, 4.69) is 15.3 Å². The lowest BCUT2D eigenvalue weighted by atomic mass is 10.1. The number of nitrogens with zero attached hydrogens (tertiary/aromatic N) is 3. The molecule has 0 aliphatic carbocycles. The van der Waals surface area contributed by atoms with Gasteiger partial charge in [0, 0.05) is 20.6 Å². The third kappa shape index (κ3) is 6.79. The maximum Gasteiger partial charge on any atom is 0.242 e. The Hall–Kier alpha value is -3.50. The smallest absolute Gasteiger partial charge is 0.242 e. The summed E-state index contributed by atoms with van der Waals surface area (Å²) in [7, 11) is 3.36. The lowest BCUT2D eigenvalue weighted by Crippen LogP contribution is -2.42. The number of carbonyl (C=O) groups is 2. The molecule has 3 aromatic rings. The monoisotopic (exact) mass is 511 g/mol. The van der Waals surface area contributed by atoms with E-state index in [0.29, 0.717) is 17.2 Å². The molecule has 0 aliphatic heterocycles. The minimum atomic E-state index is -1.53. The van der Waals surface area contributed by atoms with Gasteiger partial charge in [-0.2, -0.15) is 0 Å². The van der Waals surface area contributed by atoms with Crippen LogP contribution in [0.3, 0.4) is 0 Å². The van der Waals surface area contributed by atoms with Crippen molar-refractivity contribution in [2.45, 2.75) is 32.2 Å². The third-order valence-corrected chi connectivity index (χ3v) is 7.43. The maximum atomic E-state index is 13.0. The van der Waals surface area contributed by atoms with Crippen LogP contribution < -0.4 is 10.1 Å². The van der Waals surface area contributed by atoms with Crippen LogP contribution in [0.4, 0.5) is 0 Å². The fraction of sp³-hybridized carbons (Fsp3) is 0.346. The van der Waals surface area contributed by atoms with Crippen molar-refractivity contribution in [2.24, 2.45) is 0 Å². The van der Waals surface area contributed by atoms with Crippen molar-refractivity contribution in [1.82, 2.24) is 24.5 Å². The highest BCUT2D eigenvalue weighted by Gasteiger charge is 2.20. The number of ether oxygens (including phenoxy) is 1. The molecule has 0 bridgehead atoms. The largest absolute Gasteiger partial charge is 0.497 e. The molecule has 1 atom stereocenters. The SMILES string of the molecule is COc1cc(C)c(S(=O)N(C)CC(=O)NCC(=O)N(C)Cc2ccc(-c3cnc(C)[nH]3)cc2)c(C)c1. The summed E-state index contributed by atoms with van der Waals surface area (Å²) in [5, 5.41) is 2.63. The van der Waals surface area contributed by atoms with Crippen LogP contribution in [0, 0.1) is 20.8 Å². The van der Waals surface area contributed by atoms with Crippen molar-refractivity contribution in [1.29, 1.82) is 0 Å². The van der Waals surface area contributed by atoms with Gasteiger partial charge in [-0.05, 0) is 55.2 Å². The molecule has 1 heterocycles. The average molecular weight is 512 g/mol. The summed E-state index contributed by atoms with van der Waals surface area (Å²) in [5.41, 5.74) is 4.57. The van der Waals surface area contributed by atoms with Gasteiger partial charge in [0.25, 0.3) is 0 Å². The minimum absolute atomic E-state index is 0.108. The van der Waals surface area contributed by atoms with Crippen LogP contribution in [0.1, 0.15) is 22.5 Å². The van der Waals surface area contributed by atoms with Crippen molar-refractivity contribution in [3.05, 3.63) is 65.1 Å². The number of rotatable bonds is 10. The number of imidazole rings is 1. The van der Waals surface area contributed by atoms with E-state index in [9.17, 15) is 13.8 Å². The Morgan fingerprint density at radius 3 is 2.28 bits per heavy atom. The molecule has 1 aromatic heterocycles. The van der Waals surface area contributed by atoms with Crippen molar-refractivity contribution in [2.75, 3.05) is 34.3 Å². The highest BCUT2D eigenvalue weighted by atomic mass is 32.2. The third-order valence-electron chi connectivity index (χ3n) is 5.74. The van der Waals surface area contributed by atoms with E-state index in [-0.39, 0.29) is 24.9 Å². The molecule has 0 saturated carbocycles. The van der Waals surface area contributed by atoms with Gasteiger partial charge in [0.15, 0.2) is 0 Å². The first-order valence-corrected chi connectivity index (χ1v) is 12.6. The summed E-state index contributed by atoms with van der Waals surface area (Å²) in [6.07, 6.45) is 1.79. The van der Waals surface area contributed by atoms with Crippen molar-refractivity contribution >= 4 is 22.8 Å². The average Bonchev–Trinajstić information content (AvgIpc) is 3.28. The van der Waals surface area contributed by atoms with Gasteiger partial charge in [-0.15, -0.1) is 0 Å². The normalized spacial score (nSPS) is 11.9. The fourth-order valence-electron chi connectivity index (χ4n) is 3.80. The molecule has 0 saturated heterocycles. The van der Waals surface area contributed by atoms with Gasteiger partial charge in [0.2, 0.25) is 11.8 Å². The summed E-state index contributed by atoms with van der Waals surface area (Å²) in [5.74, 6) is 0.945. The summed E-state index contributed by atoms with van der Waals surface area (Å²) in [6.45, 7) is 5.78. The van der Waals surface area contributed by atoms with E-state index in [1.54, 1.807) is 32.3 Å². The second kappa shape index (κ2) is 12.0. The Morgan fingerprint density at radius 1 is 1.08 bits per heavy atom. The van der Waals surface area contributed by atoms with Gasteiger partial charge in [-0.1, -0.05) is 24.3 Å². The lowest BCUT2D eigenvalue weighted by Gasteiger charge is -2.20. The van der Waals surface area contributed by atoms with E-state index in [1.807, 2.05) is 57.2 Å². The number of likely N-dealkylation sites (N-methyl/N-ethyl adjacent to an activating group) is 2. The van der Waals surface area contributed by atoms with E-state index in [4.69, 9.17) is 4.74 Å². The van der Waals surface area contributed by atoms with E-state index in [1.165, 1.54) is 4.31 Å². The Bertz CT molecular complexity index is 1230. The van der Waals surface area contributed by atoms with Crippen LogP contribution in [0.2, 0.25) is 0 Å². The van der Waals surface area contributed by atoms with Crippen LogP contribution in [0.25, 0.3) is 11.3 Å². The van der Waals surface area contributed by atoms with Gasteiger partial charge in [-0.3, -0.25) is 9.59 Å². The molecule has 2 N–H and O–H groups in total. The number of benzene rings is 2. The topological polar surface area (TPSA) is 108 Å². The van der Waals surface area contributed by atoms with E-state index >= 15 is 0 Å². The zero-order valence-electron chi connectivity index (χ0n) is 21.5. The first-order chi connectivity index (χ1) is 17.1. The van der Waals surface area contributed by atoms with Crippen LogP contribution in [0.5, 0.6) is 5.75 Å². The summed E-state index contributed by atoms with van der Waals surface area (Å²) in [4.78, 5) is 34.6. The molecule has 10 heteroatoms. The zero-order valence-corrected chi connectivity index (χ0v) is 22.4. The summed E-state index contributed by atoms with van der Waals surface area (Å²) in [6, 6.07) is 11.5. The highest BCUT2D eigenvalue weighted by molar-refractivity contribution is 7.82. The maximum absolute atomic E-state index is 13.0. The molecule has 2 amide bonds. The molecule has 1 unspecified atom stereocenters. The minimum Gasteiger partial charge on any atom is -0.497 e. The number of hydrogen-bond acceptors (Lipinski definition) is 5. The van der Waals surface area contributed by atoms with Gasteiger partial charge >= 0.3 is 0 Å². The quantitative estimate of drug-likeness (QED) is 0.435. The number of H-pyrrole nitrogens is 1. The van der Waals surface area contributed by atoms with Crippen LogP contribution in [-0.2, 0) is 27.1 Å². The van der Waals surface area contributed by atoms with Crippen molar-refractivity contribution in [3.63, 3.8) is 0 Å². The van der Waals surface area contributed by atoms with Gasteiger partial charge < -0.3 is 19.9 Å². The summed E-state index contributed by atoms with van der Waals surface area (Å²) < 4.78 is 19.7.